The molecule has 0 unspecified atom stereocenters. The van der Waals surface area contributed by atoms with Gasteiger partial charge in [0.15, 0.2) is 5.69 Å². The molecule has 1 saturated carbocycles. The summed E-state index contributed by atoms with van der Waals surface area (Å²) in [4.78, 5) is 31.4. The molecule has 5 rings (SSSR count). The number of nitrogens with zero attached hydrogens (tertiary/aromatic N) is 4. The van der Waals surface area contributed by atoms with Crippen LogP contribution in [0.25, 0.3) is 0 Å². The van der Waals surface area contributed by atoms with E-state index in [1.165, 1.54) is 10.9 Å². The number of ether oxygens (including phenoxy) is 1. The molecule has 3 saturated heterocycles. The molecule has 11 heteroatoms. The highest BCUT2D eigenvalue weighted by atomic mass is 19.4. The smallest absolute Gasteiger partial charge is 0.366 e. The summed E-state index contributed by atoms with van der Waals surface area (Å²) >= 11 is 0. The molecule has 0 bridgehead atoms. The third-order valence-corrected chi connectivity index (χ3v) is 6.75. The lowest BCUT2D eigenvalue weighted by Crippen LogP contribution is -2.68. The normalized spacial score (nSPS) is 28.6. The summed E-state index contributed by atoms with van der Waals surface area (Å²) in [7, 11) is 0. The molecule has 4 fully saturated rings. The van der Waals surface area contributed by atoms with Crippen LogP contribution in [0.15, 0.2) is 12.5 Å². The molecule has 8 nitrogen and oxygen atoms in total. The number of aromatic nitrogens is 2. The maximum atomic E-state index is 12.8. The highest BCUT2D eigenvalue weighted by Gasteiger charge is 2.54. The number of fused-ring (bicyclic) bond motifs is 1. The van der Waals surface area contributed by atoms with E-state index in [0.717, 1.165) is 19.0 Å². The van der Waals surface area contributed by atoms with Crippen molar-refractivity contribution in [3.05, 3.63) is 18.2 Å². The molecule has 4 heterocycles. The molecule has 30 heavy (non-hydrogen) atoms. The Hall–Kier alpha value is -2.30. The highest BCUT2D eigenvalue weighted by molar-refractivity contribution is 5.79. The SMILES string of the molecule is O=C1CO[C@@H]2CCN(C(=O)N3CC4(CC(Cn5cnc(C(F)(F)F)c5)C4)C3)C[C@@H]2N1. The van der Waals surface area contributed by atoms with Gasteiger partial charge >= 0.3 is 12.2 Å². The number of imidazole rings is 1. The van der Waals surface area contributed by atoms with Crippen LogP contribution in [-0.2, 0) is 22.3 Å². The van der Waals surface area contributed by atoms with E-state index in [0.29, 0.717) is 45.1 Å². The first-order chi connectivity index (χ1) is 14.2. The number of halogens is 3. The van der Waals surface area contributed by atoms with Crippen LogP contribution in [0, 0.1) is 11.3 Å². The van der Waals surface area contributed by atoms with Crippen molar-refractivity contribution in [2.45, 2.75) is 44.1 Å². The highest BCUT2D eigenvalue weighted by Crippen LogP contribution is 2.52. The van der Waals surface area contributed by atoms with Crippen LogP contribution in [0.3, 0.4) is 0 Å². The zero-order valence-corrected chi connectivity index (χ0v) is 16.4. The number of morpholine rings is 1. The minimum Gasteiger partial charge on any atom is -0.366 e. The lowest BCUT2D eigenvalue weighted by molar-refractivity contribution is -0.141. The van der Waals surface area contributed by atoms with Crippen LogP contribution >= 0.6 is 0 Å². The zero-order valence-electron chi connectivity index (χ0n) is 16.4. The summed E-state index contributed by atoms with van der Waals surface area (Å²) in [6.45, 7) is 3.06. The van der Waals surface area contributed by atoms with Gasteiger partial charge in [0.05, 0.1) is 18.5 Å². The van der Waals surface area contributed by atoms with Crippen molar-refractivity contribution in [1.29, 1.82) is 0 Å². The van der Waals surface area contributed by atoms with E-state index in [4.69, 9.17) is 4.74 Å². The fraction of sp³-hybridized carbons (Fsp3) is 0.737. The fourth-order valence-electron chi connectivity index (χ4n) is 5.43. The molecule has 164 valence electrons. The molecule has 4 aliphatic rings. The number of rotatable bonds is 2. The summed E-state index contributed by atoms with van der Waals surface area (Å²) in [6.07, 6.45) is 0.379. The monoisotopic (exact) mass is 427 g/mol. The number of hydrogen-bond donors (Lipinski definition) is 1. The van der Waals surface area contributed by atoms with Gasteiger partial charge in [-0.05, 0) is 25.2 Å². The maximum absolute atomic E-state index is 12.8. The number of alkyl halides is 3. The van der Waals surface area contributed by atoms with E-state index in [9.17, 15) is 22.8 Å². The molecule has 3 aliphatic heterocycles. The number of nitrogens with one attached hydrogen (secondary N) is 1. The minimum absolute atomic E-state index is 0.00761. The van der Waals surface area contributed by atoms with Gasteiger partial charge in [-0.2, -0.15) is 13.2 Å². The molecular formula is C19H24F3N5O3. The number of amides is 3. The van der Waals surface area contributed by atoms with Gasteiger partial charge in [0.1, 0.15) is 6.61 Å². The summed E-state index contributed by atoms with van der Waals surface area (Å²) in [6, 6.07) is -0.157. The lowest BCUT2D eigenvalue weighted by Gasteiger charge is -2.60. The van der Waals surface area contributed by atoms with Crippen molar-refractivity contribution < 1.29 is 27.5 Å². The average Bonchev–Trinajstić information content (AvgIpc) is 3.10. The Balaban J connectivity index is 1.08. The van der Waals surface area contributed by atoms with Crippen molar-refractivity contribution in [2.75, 3.05) is 32.8 Å². The van der Waals surface area contributed by atoms with Crippen LogP contribution in [0.1, 0.15) is 25.0 Å². The number of carbonyl (C=O) groups is 2. The summed E-state index contributed by atoms with van der Waals surface area (Å²) in [5, 5.41) is 2.90. The predicted octanol–water partition coefficient (Wildman–Crippen LogP) is 1.32. The van der Waals surface area contributed by atoms with E-state index in [1.807, 2.05) is 4.90 Å². The lowest BCUT2D eigenvalue weighted by atomic mass is 9.58. The summed E-state index contributed by atoms with van der Waals surface area (Å²) in [5.74, 6) is 0.164. The van der Waals surface area contributed by atoms with Gasteiger partial charge in [-0.3, -0.25) is 4.79 Å². The number of hydrogen-bond acceptors (Lipinski definition) is 4. The topological polar surface area (TPSA) is 79.7 Å². The number of urea groups is 1. The average molecular weight is 427 g/mol. The van der Waals surface area contributed by atoms with Crippen molar-refractivity contribution in [3.8, 4) is 0 Å². The maximum Gasteiger partial charge on any atom is 0.434 e. The van der Waals surface area contributed by atoms with Gasteiger partial charge in [-0.25, -0.2) is 9.78 Å². The van der Waals surface area contributed by atoms with E-state index in [2.05, 4.69) is 10.3 Å². The van der Waals surface area contributed by atoms with Gasteiger partial charge in [0.25, 0.3) is 0 Å². The quantitative estimate of drug-likeness (QED) is 0.772. The molecule has 0 aromatic carbocycles. The molecule has 0 radical (unpaired) electrons. The van der Waals surface area contributed by atoms with Crippen molar-refractivity contribution in [3.63, 3.8) is 0 Å². The number of likely N-dealkylation sites (tertiary alicyclic amines) is 2. The second-order valence-corrected chi connectivity index (χ2v) is 9.12. The van der Waals surface area contributed by atoms with Gasteiger partial charge in [0.2, 0.25) is 5.91 Å². The Bertz CT molecular complexity index is 843. The van der Waals surface area contributed by atoms with Gasteiger partial charge in [-0.15, -0.1) is 0 Å². The first-order valence-electron chi connectivity index (χ1n) is 10.2. The predicted molar refractivity (Wildman–Crippen MR) is 97.2 cm³/mol. The summed E-state index contributed by atoms with van der Waals surface area (Å²) in [5.41, 5.74) is -0.755. The van der Waals surface area contributed by atoms with Crippen molar-refractivity contribution in [1.82, 2.24) is 24.7 Å². The first-order valence-corrected chi connectivity index (χ1v) is 10.2. The van der Waals surface area contributed by atoms with Crippen molar-refractivity contribution in [2.24, 2.45) is 11.3 Å². The van der Waals surface area contributed by atoms with Crippen LogP contribution in [0.4, 0.5) is 18.0 Å². The minimum atomic E-state index is -4.41. The molecule has 1 N–H and O–H groups in total. The van der Waals surface area contributed by atoms with Crippen LogP contribution in [-0.4, -0.2) is 76.2 Å². The van der Waals surface area contributed by atoms with E-state index in [-0.39, 0.29) is 36.1 Å². The second-order valence-electron chi connectivity index (χ2n) is 9.12. The molecule has 3 amide bonds. The molecule has 2 atom stereocenters. The van der Waals surface area contributed by atoms with Gasteiger partial charge < -0.3 is 24.4 Å². The molecular weight excluding hydrogens is 403 g/mol. The zero-order chi connectivity index (χ0) is 21.1. The summed E-state index contributed by atoms with van der Waals surface area (Å²) < 4.78 is 45.0. The number of piperidine rings is 1. The standard InChI is InChI=1S/C19H24F3N5O3/c20-19(21,22)15-7-25(11-23-15)5-12-3-18(4-12)9-27(10-18)17(29)26-2-1-14-13(6-26)24-16(28)8-30-14/h7,11-14H,1-6,8-10H2,(H,24,28)/t13-,14+/m0/s1. The van der Waals surface area contributed by atoms with Crippen LogP contribution in [0.5, 0.6) is 0 Å². The Kier molecular flexibility index (Phi) is 4.49. The second kappa shape index (κ2) is 6.86. The third kappa shape index (κ3) is 3.52. The van der Waals surface area contributed by atoms with Crippen molar-refractivity contribution >= 4 is 11.9 Å². The fourth-order valence-corrected chi connectivity index (χ4v) is 5.43. The van der Waals surface area contributed by atoms with Gasteiger partial charge in [-0.1, -0.05) is 0 Å². The van der Waals surface area contributed by atoms with E-state index < -0.39 is 11.9 Å². The number of carbonyl (C=O) groups excluding carboxylic acids is 2. The van der Waals surface area contributed by atoms with E-state index >= 15 is 0 Å². The third-order valence-electron chi connectivity index (χ3n) is 6.75. The van der Waals surface area contributed by atoms with Gasteiger partial charge in [0, 0.05) is 44.3 Å². The first kappa shape index (κ1) is 19.7. The Morgan fingerprint density at radius 3 is 2.77 bits per heavy atom. The molecule has 1 aromatic rings. The Morgan fingerprint density at radius 2 is 2.07 bits per heavy atom. The molecule has 1 aliphatic carbocycles. The van der Waals surface area contributed by atoms with Crippen LogP contribution in [0.2, 0.25) is 0 Å². The Labute approximate surface area is 171 Å². The van der Waals surface area contributed by atoms with Crippen LogP contribution < -0.4 is 5.32 Å². The Morgan fingerprint density at radius 1 is 1.30 bits per heavy atom. The molecule has 1 spiro atoms. The molecule has 1 aromatic heterocycles. The largest absolute Gasteiger partial charge is 0.434 e. The van der Waals surface area contributed by atoms with E-state index in [1.54, 1.807) is 4.90 Å².